The first kappa shape index (κ1) is 17.2. The number of benzene rings is 1. The molecular weight excluding hydrogens is 252 g/mol. The summed E-state index contributed by atoms with van der Waals surface area (Å²) >= 11 is 0. The van der Waals surface area contributed by atoms with E-state index in [0.29, 0.717) is 13.2 Å². The van der Waals surface area contributed by atoms with E-state index in [4.69, 9.17) is 9.47 Å². The lowest BCUT2D eigenvalue weighted by atomic mass is 10.0. The molecule has 1 rings (SSSR count). The Morgan fingerprint density at radius 1 is 1.10 bits per heavy atom. The maximum atomic E-state index is 10.2. The van der Waals surface area contributed by atoms with Gasteiger partial charge < -0.3 is 14.6 Å². The van der Waals surface area contributed by atoms with Crippen LogP contribution in [-0.4, -0.2) is 30.0 Å². The van der Waals surface area contributed by atoms with Crippen LogP contribution < -0.4 is 0 Å². The van der Waals surface area contributed by atoms with Gasteiger partial charge in [-0.05, 0) is 45.2 Å². The minimum atomic E-state index is -0.601. The number of aryl methyl sites for hydroxylation is 1. The van der Waals surface area contributed by atoms with Crippen molar-refractivity contribution in [2.45, 2.75) is 58.8 Å². The highest BCUT2D eigenvalue weighted by atomic mass is 16.5. The Kier molecular flexibility index (Phi) is 6.66. The van der Waals surface area contributed by atoms with Crippen molar-refractivity contribution in [1.82, 2.24) is 0 Å². The van der Waals surface area contributed by atoms with Crippen LogP contribution >= 0.6 is 0 Å². The van der Waals surface area contributed by atoms with E-state index in [-0.39, 0.29) is 11.7 Å². The second-order valence-corrected chi connectivity index (χ2v) is 6.08. The second kappa shape index (κ2) is 7.77. The summed E-state index contributed by atoms with van der Waals surface area (Å²) in [6.07, 6.45) is 0.161. The van der Waals surface area contributed by atoms with Crippen molar-refractivity contribution in [2.24, 2.45) is 0 Å². The van der Waals surface area contributed by atoms with E-state index >= 15 is 0 Å². The molecule has 2 unspecified atom stereocenters. The second-order valence-electron chi connectivity index (χ2n) is 6.08. The van der Waals surface area contributed by atoms with Crippen LogP contribution in [-0.2, 0) is 15.9 Å². The average Bonchev–Trinajstić information content (AvgIpc) is 2.41. The first-order chi connectivity index (χ1) is 9.33. The lowest BCUT2D eigenvalue weighted by Gasteiger charge is -2.23. The summed E-state index contributed by atoms with van der Waals surface area (Å²) in [5.41, 5.74) is 2.01. The molecule has 0 aromatic heterocycles. The monoisotopic (exact) mass is 280 g/mol. The predicted octanol–water partition coefficient (Wildman–Crippen LogP) is 3.50. The van der Waals surface area contributed by atoms with E-state index in [1.54, 1.807) is 0 Å². The van der Waals surface area contributed by atoms with Gasteiger partial charge >= 0.3 is 0 Å². The maximum absolute atomic E-state index is 10.2. The molecule has 0 aliphatic rings. The molecule has 0 saturated carbocycles. The van der Waals surface area contributed by atoms with Crippen molar-refractivity contribution < 1.29 is 14.6 Å². The molecule has 0 spiro atoms. The van der Waals surface area contributed by atoms with Gasteiger partial charge in [-0.3, -0.25) is 0 Å². The molecule has 1 aromatic carbocycles. The molecule has 3 heteroatoms. The highest BCUT2D eigenvalue weighted by Gasteiger charge is 2.17. The molecule has 0 aliphatic carbocycles. The van der Waals surface area contributed by atoms with Crippen LogP contribution in [0, 0.1) is 0 Å². The van der Waals surface area contributed by atoms with E-state index in [1.807, 2.05) is 52.0 Å². The molecule has 0 fully saturated rings. The number of rotatable bonds is 7. The third-order valence-electron chi connectivity index (χ3n) is 3.17. The van der Waals surface area contributed by atoms with E-state index < -0.39 is 6.10 Å². The minimum Gasteiger partial charge on any atom is -0.386 e. The van der Waals surface area contributed by atoms with E-state index in [1.165, 1.54) is 5.56 Å². The lowest BCUT2D eigenvalue weighted by molar-refractivity contribution is -0.0756. The van der Waals surface area contributed by atoms with Gasteiger partial charge in [-0.1, -0.05) is 31.2 Å². The quantitative estimate of drug-likeness (QED) is 0.777. The zero-order valence-electron chi connectivity index (χ0n) is 13.3. The van der Waals surface area contributed by atoms with Gasteiger partial charge in [0.1, 0.15) is 6.10 Å². The third kappa shape index (κ3) is 6.04. The van der Waals surface area contributed by atoms with Gasteiger partial charge in [0, 0.05) is 0 Å². The highest BCUT2D eigenvalue weighted by Crippen LogP contribution is 2.20. The molecule has 3 nitrogen and oxygen atoms in total. The summed E-state index contributed by atoms with van der Waals surface area (Å²) in [5.74, 6) is 0. The van der Waals surface area contributed by atoms with Crippen molar-refractivity contribution in [1.29, 1.82) is 0 Å². The van der Waals surface area contributed by atoms with Gasteiger partial charge in [-0.2, -0.15) is 0 Å². The molecule has 0 aliphatic heterocycles. The normalized spacial score (nSPS) is 15.1. The topological polar surface area (TPSA) is 38.7 Å². The number of hydrogen-bond donors (Lipinski definition) is 1. The smallest absolute Gasteiger partial charge is 0.105 e. The predicted molar refractivity (Wildman–Crippen MR) is 81.9 cm³/mol. The van der Waals surface area contributed by atoms with Crippen LogP contribution in [0.5, 0.6) is 0 Å². The lowest BCUT2D eigenvalue weighted by Crippen LogP contribution is -2.25. The molecule has 0 saturated heterocycles. The average molecular weight is 280 g/mol. The number of aliphatic hydroxyl groups excluding tert-OH is 1. The van der Waals surface area contributed by atoms with E-state index in [9.17, 15) is 5.11 Å². The summed E-state index contributed by atoms with van der Waals surface area (Å²) < 4.78 is 11.2. The maximum Gasteiger partial charge on any atom is 0.105 e. The zero-order valence-corrected chi connectivity index (χ0v) is 13.3. The van der Waals surface area contributed by atoms with Crippen molar-refractivity contribution in [3.8, 4) is 0 Å². The number of aliphatic hydroxyl groups is 1. The van der Waals surface area contributed by atoms with Crippen molar-refractivity contribution >= 4 is 0 Å². The Labute approximate surface area is 122 Å². The van der Waals surface area contributed by atoms with Crippen molar-refractivity contribution in [2.75, 3.05) is 13.2 Å². The summed E-state index contributed by atoms with van der Waals surface area (Å²) in [4.78, 5) is 0. The van der Waals surface area contributed by atoms with E-state index in [0.717, 1.165) is 12.0 Å². The Bertz CT molecular complexity index is 378. The fourth-order valence-electron chi connectivity index (χ4n) is 1.89. The fourth-order valence-corrected chi connectivity index (χ4v) is 1.89. The molecule has 2 atom stereocenters. The summed E-state index contributed by atoms with van der Waals surface area (Å²) in [7, 11) is 0. The van der Waals surface area contributed by atoms with Crippen LogP contribution in [0.2, 0.25) is 0 Å². The molecular formula is C17H28O3. The molecule has 1 aromatic rings. The molecule has 0 amide bonds. The molecule has 0 radical (unpaired) electrons. The van der Waals surface area contributed by atoms with Gasteiger partial charge in [0.2, 0.25) is 0 Å². The Hall–Kier alpha value is -0.900. The minimum absolute atomic E-state index is 0.152. The zero-order chi connectivity index (χ0) is 15.2. The molecule has 20 heavy (non-hydrogen) atoms. The van der Waals surface area contributed by atoms with Crippen LogP contribution in [0.15, 0.2) is 24.3 Å². The standard InChI is InChI=1S/C17H28O3/c1-6-14-7-9-15(10-8-14)16(18)13(2)19-11-12-20-17(3,4)5/h7-10,13,16,18H,6,11-12H2,1-5H3. The third-order valence-corrected chi connectivity index (χ3v) is 3.17. The number of ether oxygens (including phenoxy) is 2. The largest absolute Gasteiger partial charge is 0.386 e. The molecule has 114 valence electrons. The SMILES string of the molecule is CCc1ccc(C(O)C(C)OCCOC(C)(C)C)cc1. The summed E-state index contributed by atoms with van der Waals surface area (Å²) in [5, 5.41) is 10.2. The summed E-state index contributed by atoms with van der Waals surface area (Å²) in [6.45, 7) is 11.1. The van der Waals surface area contributed by atoms with Gasteiger partial charge in [0.25, 0.3) is 0 Å². The van der Waals surface area contributed by atoms with Gasteiger partial charge in [-0.15, -0.1) is 0 Å². The number of hydrogen-bond acceptors (Lipinski definition) is 3. The van der Waals surface area contributed by atoms with Crippen LogP contribution in [0.4, 0.5) is 0 Å². The van der Waals surface area contributed by atoms with Gasteiger partial charge in [-0.25, -0.2) is 0 Å². The Morgan fingerprint density at radius 2 is 1.70 bits per heavy atom. The van der Waals surface area contributed by atoms with Gasteiger partial charge in [0.15, 0.2) is 0 Å². The highest BCUT2D eigenvalue weighted by molar-refractivity contribution is 5.24. The first-order valence-electron chi connectivity index (χ1n) is 7.36. The van der Waals surface area contributed by atoms with Crippen molar-refractivity contribution in [3.63, 3.8) is 0 Å². The molecule has 0 bridgehead atoms. The van der Waals surface area contributed by atoms with E-state index in [2.05, 4.69) is 6.92 Å². The Morgan fingerprint density at radius 3 is 2.20 bits per heavy atom. The van der Waals surface area contributed by atoms with Crippen LogP contribution in [0.3, 0.4) is 0 Å². The molecule has 0 heterocycles. The fraction of sp³-hybridized carbons (Fsp3) is 0.647. The molecule has 1 N–H and O–H groups in total. The first-order valence-corrected chi connectivity index (χ1v) is 7.36. The van der Waals surface area contributed by atoms with Crippen LogP contribution in [0.25, 0.3) is 0 Å². The Balaban J connectivity index is 2.39. The summed E-state index contributed by atoms with van der Waals surface area (Å²) in [6, 6.07) is 8.03. The van der Waals surface area contributed by atoms with Crippen molar-refractivity contribution in [3.05, 3.63) is 35.4 Å². The van der Waals surface area contributed by atoms with Gasteiger partial charge in [0.05, 0.1) is 24.9 Å². The van der Waals surface area contributed by atoms with Crippen LogP contribution in [0.1, 0.15) is 51.8 Å².